The van der Waals surface area contributed by atoms with E-state index < -0.39 is 17.4 Å². The van der Waals surface area contributed by atoms with Crippen molar-refractivity contribution < 1.29 is 18.7 Å². The maximum absolute atomic E-state index is 14.1. The van der Waals surface area contributed by atoms with Crippen LogP contribution in [0.15, 0.2) is 24.3 Å². The van der Waals surface area contributed by atoms with E-state index in [-0.39, 0.29) is 19.4 Å². The predicted molar refractivity (Wildman–Crippen MR) is 81.0 cm³/mol. The molecule has 0 aliphatic heterocycles. The van der Waals surface area contributed by atoms with E-state index in [0.29, 0.717) is 6.42 Å². The number of amides is 1. The van der Waals surface area contributed by atoms with E-state index in [1.807, 2.05) is 31.1 Å². The van der Waals surface area contributed by atoms with Crippen LogP contribution in [0.4, 0.5) is 14.5 Å². The largest absolute Gasteiger partial charge is 0.383 e. The number of hydrogen-bond acceptors (Lipinski definition) is 3. The zero-order chi connectivity index (χ0) is 16.5. The zero-order valence-corrected chi connectivity index (χ0v) is 13.1. The van der Waals surface area contributed by atoms with Crippen molar-refractivity contribution in [1.29, 1.82) is 0 Å². The van der Waals surface area contributed by atoms with Gasteiger partial charge in [0.2, 0.25) is 0 Å². The van der Waals surface area contributed by atoms with Gasteiger partial charge >= 0.3 is 5.92 Å². The molecule has 1 aromatic carbocycles. The second kappa shape index (κ2) is 5.83. The van der Waals surface area contributed by atoms with Crippen LogP contribution in [-0.2, 0) is 11.3 Å². The number of carbonyl (C=O) groups excluding carboxylic acids is 1. The molecule has 6 heteroatoms. The summed E-state index contributed by atoms with van der Waals surface area (Å²) in [6, 6.07) is 7.33. The van der Waals surface area contributed by atoms with E-state index >= 15 is 0 Å². The molecule has 0 unspecified atom stereocenters. The Balaban J connectivity index is 2.05. The predicted octanol–water partition coefficient (Wildman–Crippen LogP) is 2.26. The molecule has 122 valence electrons. The van der Waals surface area contributed by atoms with Crippen LogP contribution in [0.2, 0.25) is 0 Å². The smallest absolute Gasteiger partial charge is 0.352 e. The van der Waals surface area contributed by atoms with Crippen LogP contribution in [-0.4, -0.2) is 48.6 Å². The third-order valence-corrected chi connectivity index (χ3v) is 4.25. The van der Waals surface area contributed by atoms with Crippen molar-refractivity contribution in [3.8, 4) is 0 Å². The number of carbonyl (C=O) groups is 1. The highest BCUT2D eigenvalue weighted by Gasteiger charge is 2.61. The van der Waals surface area contributed by atoms with Crippen LogP contribution in [0.5, 0.6) is 0 Å². The van der Waals surface area contributed by atoms with Crippen molar-refractivity contribution in [2.24, 2.45) is 0 Å². The molecule has 0 atom stereocenters. The summed E-state index contributed by atoms with van der Waals surface area (Å²) in [6.45, 7) is 0.0816. The summed E-state index contributed by atoms with van der Waals surface area (Å²) < 4.78 is 28.2. The molecule has 4 nitrogen and oxygen atoms in total. The van der Waals surface area contributed by atoms with E-state index in [1.165, 1.54) is 7.05 Å². The van der Waals surface area contributed by atoms with Crippen LogP contribution in [0.25, 0.3) is 0 Å². The minimum Gasteiger partial charge on any atom is -0.383 e. The fraction of sp³-hybridized carbons (Fsp3) is 0.562. The molecular weight excluding hydrogens is 290 g/mol. The molecule has 1 aliphatic carbocycles. The Morgan fingerprint density at radius 2 is 1.77 bits per heavy atom. The number of alkyl halides is 2. The van der Waals surface area contributed by atoms with Gasteiger partial charge in [0.15, 0.2) is 0 Å². The Hall–Kier alpha value is -1.69. The molecule has 0 bridgehead atoms. The number of anilines is 1. The van der Waals surface area contributed by atoms with E-state index in [4.69, 9.17) is 0 Å². The monoisotopic (exact) mass is 312 g/mol. The van der Waals surface area contributed by atoms with Gasteiger partial charge in [-0.1, -0.05) is 12.1 Å². The molecule has 2 rings (SSSR count). The van der Waals surface area contributed by atoms with Gasteiger partial charge < -0.3 is 14.9 Å². The van der Waals surface area contributed by atoms with Crippen LogP contribution >= 0.6 is 0 Å². The van der Waals surface area contributed by atoms with E-state index in [0.717, 1.165) is 16.2 Å². The Labute approximate surface area is 129 Å². The molecule has 0 radical (unpaired) electrons. The first-order valence-corrected chi connectivity index (χ1v) is 7.29. The SMILES string of the molecule is CN(Cc1ccc(N(C)C)cc1)C(=O)C(F)(F)C1(O)CCC1. The molecular formula is C16H22F2N2O2. The third kappa shape index (κ3) is 2.92. The Morgan fingerprint density at radius 1 is 1.23 bits per heavy atom. The average molecular weight is 312 g/mol. The highest BCUT2D eigenvalue weighted by Crippen LogP contribution is 2.45. The van der Waals surface area contributed by atoms with Crippen molar-refractivity contribution in [3.63, 3.8) is 0 Å². The summed E-state index contributed by atoms with van der Waals surface area (Å²) in [7, 11) is 5.15. The van der Waals surface area contributed by atoms with Gasteiger partial charge in [0.25, 0.3) is 5.91 Å². The van der Waals surface area contributed by atoms with E-state index in [9.17, 15) is 18.7 Å². The molecule has 0 heterocycles. The van der Waals surface area contributed by atoms with Crippen molar-refractivity contribution in [2.45, 2.75) is 37.3 Å². The van der Waals surface area contributed by atoms with Gasteiger partial charge in [-0.25, -0.2) is 0 Å². The first-order valence-electron chi connectivity index (χ1n) is 7.29. The van der Waals surface area contributed by atoms with Crippen molar-refractivity contribution in [3.05, 3.63) is 29.8 Å². The van der Waals surface area contributed by atoms with Gasteiger partial charge in [-0.2, -0.15) is 8.78 Å². The van der Waals surface area contributed by atoms with Crippen molar-refractivity contribution in [2.75, 3.05) is 26.0 Å². The number of hydrogen-bond donors (Lipinski definition) is 1. The highest BCUT2D eigenvalue weighted by molar-refractivity contribution is 5.85. The summed E-state index contributed by atoms with van der Waals surface area (Å²) in [5.41, 5.74) is -0.419. The number of halogens is 2. The van der Waals surface area contributed by atoms with Gasteiger partial charge in [0.05, 0.1) is 0 Å². The van der Waals surface area contributed by atoms with Gasteiger partial charge in [0, 0.05) is 33.4 Å². The Morgan fingerprint density at radius 3 is 2.18 bits per heavy atom. The lowest BCUT2D eigenvalue weighted by molar-refractivity contribution is -0.223. The van der Waals surface area contributed by atoms with E-state index in [2.05, 4.69) is 0 Å². The third-order valence-electron chi connectivity index (χ3n) is 4.25. The maximum atomic E-state index is 14.1. The normalized spacial score (nSPS) is 16.8. The Bertz CT molecular complexity index is 540. The maximum Gasteiger partial charge on any atom is 0.352 e. The lowest BCUT2D eigenvalue weighted by atomic mass is 9.75. The molecule has 1 fully saturated rings. The number of rotatable bonds is 5. The van der Waals surface area contributed by atoms with Crippen molar-refractivity contribution in [1.82, 2.24) is 4.90 Å². The fourth-order valence-electron chi connectivity index (χ4n) is 2.51. The quantitative estimate of drug-likeness (QED) is 0.907. The molecule has 1 N–H and O–H groups in total. The molecule has 1 aliphatic rings. The summed E-state index contributed by atoms with van der Waals surface area (Å²) in [5, 5.41) is 9.82. The molecule has 1 amide bonds. The first-order chi connectivity index (χ1) is 10.2. The lowest BCUT2D eigenvalue weighted by Gasteiger charge is -2.42. The molecule has 1 saturated carbocycles. The second-order valence-electron chi connectivity index (χ2n) is 6.18. The molecule has 0 spiro atoms. The Kier molecular flexibility index (Phi) is 4.42. The summed E-state index contributed by atoms with van der Waals surface area (Å²) >= 11 is 0. The first kappa shape index (κ1) is 16.7. The molecule has 0 saturated heterocycles. The molecule has 1 aromatic rings. The van der Waals surface area contributed by atoms with Gasteiger partial charge in [-0.15, -0.1) is 0 Å². The average Bonchev–Trinajstić information content (AvgIpc) is 2.44. The van der Waals surface area contributed by atoms with Crippen LogP contribution < -0.4 is 4.90 Å². The number of nitrogens with zero attached hydrogens (tertiary/aromatic N) is 2. The van der Waals surface area contributed by atoms with Crippen LogP contribution in [0, 0.1) is 0 Å². The topological polar surface area (TPSA) is 43.8 Å². The molecule has 22 heavy (non-hydrogen) atoms. The number of aliphatic hydroxyl groups is 1. The van der Waals surface area contributed by atoms with Gasteiger partial charge in [-0.05, 0) is 37.0 Å². The number of benzene rings is 1. The summed E-state index contributed by atoms with van der Waals surface area (Å²) in [6.07, 6.45) is 0.462. The summed E-state index contributed by atoms with van der Waals surface area (Å²) in [5.74, 6) is -5.06. The van der Waals surface area contributed by atoms with Crippen molar-refractivity contribution >= 4 is 11.6 Å². The van der Waals surface area contributed by atoms with Crippen LogP contribution in [0.1, 0.15) is 24.8 Å². The van der Waals surface area contributed by atoms with Crippen LogP contribution in [0.3, 0.4) is 0 Å². The standard InChI is InChI=1S/C16H22F2N2O2/c1-19(2)13-7-5-12(6-8-13)11-20(3)14(21)16(17,18)15(22)9-4-10-15/h5-8,22H,4,9-11H2,1-3H3. The zero-order valence-electron chi connectivity index (χ0n) is 13.1. The lowest BCUT2D eigenvalue weighted by Crippen LogP contribution is -2.60. The summed E-state index contributed by atoms with van der Waals surface area (Å²) in [4.78, 5) is 14.9. The minimum absolute atomic E-state index is 0.0306. The van der Waals surface area contributed by atoms with Gasteiger partial charge in [0.1, 0.15) is 5.60 Å². The second-order valence-corrected chi connectivity index (χ2v) is 6.18. The minimum atomic E-state index is -3.73. The fourth-order valence-corrected chi connectivity index (χ4v) is 2.51. The van der Waals surface area contributed by atoms with Gasteiger partial charge in [-0.3, -0.25) is 4.79 Å². The van der Waals surface area contributed by atoms with E-state index in [1.54, 1.807) is 12.1 Å². The molecule has 0 aromatic heterocycles. The highest BCUT2D eigenvalue weighted by atomic mass is 19.3.